The first-order valence-electron chi connectivity index (χ1n) is 8.45. The van der Waals surface area contributed by atoms with Gasteiger partial charge in [0.2, 0.25) is 5.91 Å². The highest BCUT2D eigenvalue weighted by atomic mass is 79.9. The summed E-state index contributed by atoms with van der Waals surface area (Å²) in [4.78, 5) is 12.6. The molecule has 0 aliphatic heterocycles. The van der Waals surface area contributed by atoms with E-state index in [-0.39, 0.29) is 11.8 Å². The van der Waals surface area contributed by atoms with Crippen LogP contribution in [0.3, 0.4) is 0 Å². The largest absolute Gasteiger partial charge is 0.326 e. The Balaban J connectivity index is 1.49. The van der Waals surface area contributed by atoms with E-state index in [2.05, 4.69) is 48.9 Å². The van der Waals surface area contributed by atoms with Gasteiger partial charge in [-0.05, 0) is 72.0 Å². The van der Waals surface area contributed by atoms with Gasteiger partial charge in [0, 0.05) is 16.1 Å². The molecule has 0 radical (unpaired) electrons. The van der Waals surface area contributed by atoms with Crippen molar-refractivity contribution in [2.45, 2.75) is 26.2 Å². The Morgan fingerprint density at radius 1 is 1.19 bits per heavy atom. The van der Waals surface area contributed by atoms with Gasteiger partial charge < -0.3 is 5.32 Å². The predicted octanol–water partition coefficient (Wildman–Crippen LogP) is 3.78. The Bertz CT molecular complexity index is 966. The number of carbonyl (C=O) groups excluding carboxylic acids is 1. The van der Waals surface area contributed by atoms with Gasteiger partial charge in [0.15, 0.2) is 5.82 Å². The van der Waals surface area contributed by atoms with Crippen LogP contribution in [0, 0.1) is 19.8 Å². The molecule has 1 fully saturated rings. The van der Waals surface area contributed by atoms with Crippen molar-refractivity contribution >= 4 is 27.5 Å². The van der Waals surface area contributed by atoms with Crippen LogP contribution in [0.15, 0.2) is 46.9 Å². The summed E-state index contributed by atoms with van der Waals surface area (Å²) in [6.07, 6.45) is 0.887. The van der Waals surface area contributed by atoms with Crippen LogP contribution in [0.1, 0.15) is 29.3 Å². The highest BCUT2D eigenvalue weighted by Crippen LogP contribution is 2.48. The molecule has 1 aliphatic carbocycles. The fourth-order valence-corrected chi connectivity index (χ4v) is 3.43. The quantitative estimate of drug-likeness (QED) is 0.708. The van der Waals surface area contributed by atoms with Gasteiger partial charge in [0.05, 0.1) is 5.69 Å². The van der Waals surface area contributed by atoms with Crippen LogP contribution in [0.2, 0.25) is 0 Å². The Kier molecular flexibility index (Phi) is 4.32. The molecule has 2 aromatic carbocycles. The second-order valence-electron chi connectivity index (χ2n) is 6.63. The van der Waals surface area contributed by atoms with Crippen LogP contribution in [0.5, 0.6) is 0 Å². The summed E-state index contributed by atoms with van der Waals surface area (Å²) in [7, 11) is 0. The third kappa shape index (κ3) is 3.26. The van der Waals surface area contributed by atoms with Gasteiger partial charge in [-0.2, -0.15) is 4.68 Å². The Labute approximate surface area is 159 Å². The van der Waals surface area contributed by atoms with Crippen LogP contribution in [0.25, 0.3) is 5.69 Å². The maximum absolute atomic E-state index is 12.6. The first-order valence-corrected chi connectivity index (χ1v) is 9.24. The number of halogens is 1. The first kappa shape index (κ1) is 16.9. The molecule has 7 heteroatoms. The molecule has 2 atom stereocenters. The standard InChI is InChI=1S/C19H18BrN5O/c1-11-3-8-15(9-18(11)25-12(2)22-23-24-25)21-19(26)17-10-16(17)13-4-6-14(20)7-5-13/h3-9,16-17H,10H2,1-2H3,(H,21,26). The van der Waals surface area contributed by atoms with E-state index in [1.807, 2.05) is 44.2 Å². The summed E-state index contributed by atoms with van der Waals surface area (Å²) in [5.41, 5.74) is 3.87. The molecule has 0 spiro atoms. The minimum Gasteiger partial charge on any atom is -0.326 e. The van der Waals surface area contributed by atoms with E-state index in [1.54, 1.807) is 4.68 Å². The van der Waals surface area contributed by atoms with Crippen LogP contribution < -0.4 is 5.32 Å². The number of aromatic nitrogens is 4. The molecular weight excluding hydrogens is 394 g/mol. The number of benzene rings is 2. The van der Waals surface area contributed by atoms with Crippen LogP contribution in [0.4, 0.5) is 5.69 Å². The maximum atomic E-state index is 12.6. The van der Waals surface area contributed by atoms with Gasteiger partial charge in [0.1, 0.15) is 0 Å². The number of nitrogens with one attached hydrogen (secondary N) is 1. The van der Waals surface area contributed by atoms with E-state index in [0.717, 1.165) is 27.8 Å². The fraction of sp³-hybridized carbons (Fsp3) is 0.263. The van der Waals surface area contributed by atoms with Gasteiger partial charge in [-0.25, -0.2) is 0 Å². The lowest BCUT2D eigenvalue weighted by molar-refractivity contribution is -0.117. The summed E-state index contributed by atoms with van der Waals surface area (Å²) in [5, 5.41) is 14.7. The number of rotatable bonds is 4. The highest BCUT2D eigenvalue weighted by Gasteiger charge is 2.43. The van der Waals surface area contributed by atoms with Crippen molar-refractivity contribution in [3.63, 3.8) is 0 Å². The average molecular weight is 412 g/mol. The molecule has 26 heavy (non-hydrogen) atoms. The first-order chi connectivity index (χ1) is 12.5. The molecule has 0 bridgehead atoms. The zero-order valence-corrected chi connectivity index (χ0v) is 16.1. The van der Waals surface area contributed by atoms with E-state index < -0.39 is 0 Å². The summed E-state index contributed by atoms with van der Waals surface area (Å²) in [6.45, 7) is 3.84. The minimum atomic E-state index is 0.0238. The zero-order chi connectivity index (χ0) is 18.3. The molecule has 132 valence electrons. The fourth-order valence-electron chi connectivity index (χ4n) is 3.17. The van der Waals surface area contributed by atoms with Crippen molar-refractivity contribution < 1.29 is 4.79 Å². The number of aryl methyl sites for hydroxylation is 2. The second-order valence-corrected chi connectivity index (χ2v) is 7.54. The summed E-state index contributed by atoms with van der Waals surface area (Å²) < 4.78 is 2.72. The van der Waals surface area contributed by atoms with Crippen LogP contribution in [-0.4, -0.2) is 26.1 Å². The summed E-state index contributed by atoms with van der Waals surface area (Å²) >= 11 is 3.44. The smallest absolute Gasteiger partial charge is 0.228 e. The van der Waals surface area contributed by atoms with Gasteiger partial charge in [-0.3, -0.25) is 4.79 Å². The van der Waals surface area contributed by atoms with E-state index in [9.17, 15) is 4.79 Å². The third-order valence-electron chi connectivity index (χ3n) is 4.76. The number of nitrogens with zero attached hydrogens (tertiary/aromatic N) is 4. The van der Waals surface area contributed by atoms with Gasteiger partial charge in [0.25, 0.3) is 0 Å². The van der Waals surface area contributed by atoms with Crippen LogP contribution in [-0.2, 0) is 4.79 Å². The van der Waals surface area contributed by atoms with Crippen molar-refractivity contribution in [1.82, 2.24) is 20.2 Å². The zero-order valence-electron chi connectivity index (χ0n) is 14.5. The predicted molar refractivity (Wildman–Crippen MR) is 102 cm³/mol. The third-order valence-corrected chi connectivity index (χ3v) is 5.28. The number of tetrazole rings is 1. The van der Waals surface area contributed by atoms with Crippen molar-refractivity contribution in [2.75, 3.05) is 5.32 Å². The molecule has 1 aromatic heterocycles. The Hall–Kier alpha value is -2.54. The highest BCUT2D eigenvalue weighted by molar-refractivity contribution is 9.10. The molecular formula is C19H18BrN5O. The van der Waals surface area contributed by atoms with E-state index in [4.69, 9.17) is 0 Å². The average Bonchev–Trinajstić information content (AvgIpc) is 3.32. The molecule has 1 aliphatic rings. The molecule has 1 heterocycles. The maximum Gasteiger partial charge on any atom is 0.228 e. The molecule has 1 amide bonds. The summed E-state index contributed by atoms with van der Waals surface area (Å²) in [5.74, 6) is 1.08. The van der Waals surface area contributed by atoms with E-state index >= 15 is 0 Å². The van der Waals surface area contributed by atoms with Crippen molar-refractivity contribution in [3.8, 4) is 5.69 Å². The molecule has 3 aromatic rings. The monoisotopic (exact) mass is 411 g/mol. The molecule has 6 nitrogen and oxygen atoms in total. The van der Waals surface area contributed by atoms with Crippen molar-refractivity contribution in [3.05, 3.63) is 63.9 Å². The SMILES string of the molecule is Cc1ccc(NC(=O)C2CC2c2ccc(Br)cc2)cc1-n1nnnc1C. The number of amides is 1. The second kappa shape index (κ2) is 6.64. The molecule has 0 saturated heterocycles. The number of carbonyl (C=O) groups is 1. The number of hydrogen-bond donors (Lipinski definition) is 1. The molecule has 4 rings (SSSR count). The molecule has 1 saturated carbocycles. The summed E-state index contributed by atoms with van der Waals surface area (Å²) in [6, 6.07) is 14.0. The van der Waals surface area contributed by atoms with Gasteiger partial charge in [-0.1, -0.05) is 34.1 Å². The lowest BCUT2D eigenvalue weighted by atomic mass is 10.1. The topological polar surface area (TPSA) is 72.7 Å². The lowest BCUT2D eigenvalue weighted by Crippen LogP contribution is -2.15. The molecule has 1 N–H and O–H groups in total. The van der Waals surface area contributed by atoms with Crippen molar-refractivity contribution in [2.24, 2.45) is 5.92 Å². The van der Waals surface area contributed by atoms with Crippen LogP contribution >= 0.6 is 15.9 Å². The molecule has 2 unspecified atom stereocenters. The van der Waals surface area contributed by atoms with Crippen molar-refractivity contribution in [1.29, 1.82) is 0 Å². The minimum absolute atomic E-state index is 0.0238. The Morgan fingerprint density at radius 2 is 1.96 bits per heavy atom. The normalized spacial score (nSPS) is 18.6. The number of anilines is 1. The van der Waals surface area contributed by atoms with E-state index in [0.29, 0.717) is 11.7 Å². The van der Waals surface area contributed by atoms with E-state index in [1.165, 1.54) is 5.56 Å². The Morgan fingerprint density at radius 3 is 2.65 bits per heavy atom. The van der Waals surface area contributed by atoms with Gasteiger partial charge in [-0.15, -0.1) is 5.10 Å². The number of hydrogen-bond acceptors (Lipinski definition) is 4. The van der Waals surface area contributed by atoms with Gasteiger partial charge >= 0.3 is 0 Å². The lowest BCUT2D eigenvalue weighted by Gasteiger charge is -2.10.